The van der Waals surface area contributed by atoms with Gasteiger partial charge in [0.1, 0.15) is 16.9 Å². The minimum atomic E-state index is -0.485. The second kappa shape index (κ2) is 9.34. The Balaban J connectivity index is 1.79. The Kier molecular flexibility index (Phi) is 6.53. The standard InChI is InChI=1S/C24H28N4O3S/c1-14-7-9-18(10-8-14)22-21-15(2)16(3)32-24(21)28-17(4)26-27-23(28)19(25-22)13-20(29)31-12-6-11-30-5/h7-10,19H,6,11-13H2,1-5H3/t19-/m0/s1. The summed E-state index contributed by atoms with van der Waals surface area (Å²) in [5, 5.41) is 9.79. The third-order valence-electron chi connectivity index (χ3n) is 5.68. The molecular formula is C24H28N4O3S. The molecule has 7 nitrogen and oxygen atoms in total. The molecule has 0 aliphatic carbocycles. The summed E-state index contributed by atoms with van der Waals surface area (Å²) in [7, 11) is 1.63. The van der Waals surface area contributed by atoms with Crippen LogP contribution in [0.5, 0.6) is 0 Å². The average Bonchev–Trinajstić information content (AvgIpc) is 3.24. The van der Waals surface area contributed by atoms with Crippen LogP contribution in [0.3, 0.4) is 0 Å². The van der Waals surface area contributed by atoms with Crippen molar-refractivity contribution in [1.82, 2.24) is 14.8 Å². The summed E-state index contributed by atoms with van der Waals surface area (Å²) < 4.78 is 12.5. The highest BCUT2D eigenvalue weighted by atomic mass is 32.1. The molecule has 4 rings (SSSR count). The fourth-order valence-corrected chi connectivity index (χ4v) is 5.06. The van der Waals surface area contributed by atoms with Crippen LogP contribution in [0.25, 0.3) is 5.00 Å². The van der Waals surface area contributed by atoms with Crippen LogP contribution in [-0.2, 0) is 14.3 Å². The van der Waals surface area contributed by atoms with E-state index in [1.807, 2.05) is 11.5 Å². The molecule has 0 bridgehead atoms. The number of aliphatic imine (C=N–C) groups is 1. The summed E-state index contributed by atoms with van der Waals surface area (Å²) in [5.74, 6) is 1.14. The molecule has 0 saturated heterocycles. The zero-order valence-corrected chi connectivity index (χ0v) is 20.0. The molecule has 0 amide bonds. The van der Waals surface area contributed by atoms with Crippen LogP contribution in [0.2, 0.25) is 0 Å². The van der Waals surface area contributed by atoms with E-state index in [1.54, 1.807) is 18.4 Å². The first-order chi connectivity index (χ1) is 15.4. The van der Waals surface area contributed by atoms with Crippen LogP contribution in [0, 0.1) is 27.7 Å². The Morgan fingerprint density at radius 3 is 2.56 bits per heavy atom. The van der Waals surface area contributed by atoms with Gasteiger partial charge in [0.05, 0.1) is 18.7 Å². The van der Waals surface area contributed by atoms with Crippen LogP contribution in [0.15, 0.2) is 29.3 Å². The molecule has 0 radical (unpaired) electrons. The zero-order valence-electron chi connectivity index (χ0n) is 19.1. The Morgan fingerprint density at radius 2 is 1.84 bits per heavy atom. The molecule has 3 heterocycles. The van der Waals surface area contributed by atoms with Crippen molar-refractivity contribution in [2.45, 2.75) is 46.6 Å². The zero-order chi connectivity index (χ0) is 22.8. The van der Waals surface area contributed by atoms with Gasteiger partial charge < -0.3 is 9.47 Å². The van der Waals surface area contributed by atoms with Crippen LogP contribution in [0.1, 0.15) is 57.7 Å². The van der Waals surface area contributed by atoms with E-state index in [4.69, 9.17) is 14.5 Å². The number of hydrogen-bond donors (Lipinski definition) is 0. The first-order valence-electron chi connectivity index (χ1n) is 10.7. The quantitative estimate of drug-likeness (QED) is 0.392. The normalized spacial score (nSPS) is 15.0. The topological polar surface area (TPSA) is 78.6 Å². The van der Waals surface area contributed by atoms with E-state index in [0.717, 1.165) is 27.7 Å². The van der Waals surface area contributed by atoms with Gasteiger partial charge in [-0.25, -0.2) is 0 Å². The minimum absolute atomic E-state index is 0.105. The molecular weight excluding hydrogens is 424 g/mol. The van der Waals surface area contributed by atoms with E-state index < -0.39 is 6.04 Å². The van der Waals surface area contributed by atoms with Crippen LogP contribution >= 0.6 is 11.3 Å². The number of aryl methyl sites for hydroxylation is 3. The van der Waals surface area contributed by atoms with Crippen LogP contribution in [-0.4, -0.2) is 46.8 Å². The Morgan fingerprint density at radius 1 is 1.09 bits per heavy atom. The lowest BCUT2D eigenvalue weighted by atomic mass is 9.99. The maximum absolute atomic E-state index is 12.6. The first kappa shape index (κ1) is 22.4. The summed E-state index contributed by atoms with van der Waals surface area (Å²) in [5.41, 5.74) is 5.35. The second-order valence-corrected chi connectivity index (χ2v) is 9.24. The lowest BCUT2D eigenvalue weighted by molar-refractivity contribution is -0.144. The maximum atomic E-state index is 12.6. The van der Waals surface area contributed by atoms with Crippen LogP contribution in [0.4, 0.5) is 0 Å². The summed E-state index contributed by atoms with van der Waals surface area (Å²) >= 11 is 1.71. The van der Waals surface area contributed by atoms with Crippen molar-refractivity contribution < 1.29 is 14.3 Å². The van der Waals surface area contributed by atoms with E-state index in [2.05, 4.69) is 55.2 Å². The number of nitrogens with zero attached hydrogens (tertiary/aromatic N) is 4. The van der Waals surface area contributed by atoms with Crippen LogP contribution < -0.4 is 0 Å². The van der Waals surface area contributed by atoms with Crippen molar-refractivity contribution in [1.29, 1.82) is 0 Å². The number of ether oxygens (including phenoxy) is 2. The van der Waals surface area contributed by atoms with Gasteiger partial charge in [0, 0.05) is 36.1 Å². The number of fused-ring (bicyclic) bond motifs is 3. The summed E-state index contributed by atoms with van der Waals surface area (Å²) in [6.45, 7) is 9.12. The van der Waals surface area contributed by atoms with Gasteiger partial charge in [-0.2, -0.15) is 0 Å². The Hall–Kier alpha value is -2.84. The predicted octanol–water partition coefficient (Wildman–Crippen LogP) is 4.42. The van der Waals surface area contributed by atoms with Gasteiger partial charge >= 0.3 is 5.97 Å². The molecule has 0 unspecified atom stereocenters. The molecule has 0 N–H and O–H groups in total. The summed E-state index contributed by atoms with van der Waals surface area (Å²) in [6, 6.07) is 7.86. The molecule has 32 heavy (non-hydrogen) atoms. The number of esters is 1. The highest BCUT2D eigenvalue weighted by Crippen LogP contribution is 2.39. The monoisotopic (exact) mass is 452 g/mol. The van der Waals surface area contributed by atoms with E-state index in [-0.39, 0.29) is 12.4 Å². The minimum Gasteiger partial charge on any atom is -0.466 e. The number of methoxy groups -OCH3 is 1. The molecule has 8 heteroatoms. The number of carbonyl (C=O) groups is 1. The van der Waals surface area contributed by atoms with Crippen molar-refractivity contribution in [3.8, 4) is 5.00 Å². The fraction of sp³-hybridized carbons (Fsp3) is 0.417. The lowest BCUT2D eigenvalue weighted by Crippen LogP contribution is -2.14. The highest BCUT2D eigenvalue weighted by molar-refractivity contribution is 7.15. The predicted molar refractivity (Wildman–Crippen MR) is 125 cm³/mol. The van der Waals surface area contributed by atoms with Gasteiger partial charge in [-0.15, -0.1) is 21.5 Å². The third kappa shape index (κ3) is 4.25. The number of benzene rings is 1. The molecule has 2 aromatic heterocycles. The van der Waals surface area contributed by atoms with E-state index >= 15 is 0 Å². The van der Waals surface area contributed by atoms with Crippen molar-refractivity contribution in [3.05, 3.63) is 63.0 Å². The number of hydrogen-bond acceptors (Lipinski definition) is 7. The SMILES string of the molecule is COCCCOC(=O)C[C@@H]1N=C(c2ccc(C)cc2)c2c(sc(C)c2C)-n2c(C)nnc21. The summed E-state index contributed by atoms with van der Waals surface area (Å²) in [6.07, 6.45) is 0.767. The number of aromatic nitrogens is 3. The number of carbonyl (C=O) groups excluding carboxylic acids is 1. The molecule has 0 spiro atoms. The highest BCUT2D eigenvalue weighted by Gasteiger charge is 2.32. The van der Waals surface area contributed by atoms with Gasteiger partial charge in [-0.05, 0) is 33.3 Å². The largest absolute Gasteiger partial charge is 0.466 e. The van der Waals surface area contributed by atoms with Crippen molar-refractivity contribution in [2.75, 3.05) is 20.3 Å². The molecule has 168 valence electrons. The van der Waals surface area contributed by atoms with Gasteiger partial charge in [-0.3, -0.25) is 14.4 Å². The molecule has 3 aromatic rings. The van der Waals surface area contributed by atoms with Gasteiger partial charge in [0.2, 0.25) is 0 Å². The Labute approximate surface area is 192 Å². The van der Waals surface area contributed by atoms with Crippen molar-refractivity contribution in [3.63, 3.8) is 0 Å². The molecule has 1 aliphatic heterocycles. The van der Waals surface area contributed by atoms with E-state index in [9.17, 15) is 4.79 Å². The van der Waals surface area contributed by atoms with Gasteiger partial charge in [0.25, 0.3) is 0 Å². The fourth-order valence-electron chi connectivity index (χ4n) is 3.84. The van der Waals surface area contributed by atoms with Gasteiger partial charge in [0.15, 0.2) is 5.82 Å². The molecule has 0 fully saturated rings. The molecule has 1 aromatic carbocycles. The Bertz CT molecular complexity index is 1160. The van der Waals surface area contributed by atoms with E-state index in [1.165, 1.54) is 16.0 Å². The lowest BCUT2D eigenvalue weighted by Gasteiger charge is -2.12. The molecule has 1 atom stereocenters. The number of rotatable bonds is 7. The smallest absolute Gasteiger partial charge is 0.308 e. The van der Waals surface area contributed by atoms with E-state index in [0.29, 0.717) is 25.5 Å². The van der Waals surface area contributed by atoms with Gasteiger partial charge in [-0.1, -0.05) is 29.8 Å². The van der Waals surface area contributed by atoms with Crippen molar-refractivity contribution >= 4 is 23.0 Å². The average molecular weight is 453 g/mol. The molecule has 0 saturated carbocycles. The number of thiophene rings is 1. The van der Waals surface area contributed by atoms with Crippen molar-refractivity contribution in [2.24, 2.45) is 4.99 Å². The third-order valence-corrected chi connectivity index (χ3v) is 6.87. The first-order valence-corrected chi connectivity index (χ1v) is 11.5. The second-order valence-electron chi connectivity index (χ2n) is 8.03. The summed E-state index contributed by atoms with van der Waals surface area (Å²) in [4.78, 5) is 19.0. The molecule has 1 aliphatic rings. The maximum Gasteiger partial charge on any atom is 0.308 e.